The van der Waals surface area contributed by atoms with Crippen LogP contribution in [-0.4, -0.2) is 46.1 Å². The molecule has 6 nitrogen and oxygen atoms in total. The number of carbonyl (C=O) groups excluding carboxylic acids is 3. The monoisotopic (exact) mass is 274 g/mol. The van der Waals surface area contributed by atoms with E-state index in [4.69, 9.17) is 4.74 Å². The first-order valence-corrected chi connectivity index (χ1v) is 6.57. The number of nitrogens with zero attached hydrogens (tertiary/aromatic N) is 1. The molecule has 0 radical (unpaired) electrons. The van der Waals surface area contributed by atoms with E-state index in [1.54, 1.807) is 27.7 Å². The van der Waals surface area contributed by atoms with E-state index in [1.165, 1.54) is 0 Å². The Kier molecular flexibility index (Phi) is 4.61. The standard InChI is InChI=1S/C11H18N2O4S/c1-7-8(14)13(10(16)18-7)6-5-12-9(15)17-11(2,3)4/h7H,5-6H2,1-4H3,(H,12,15). The minimum absolute atomic E-state index is 0.175. The van der Waals surface area contributed by atoms with E-state index in [9.17, 15) is 14.4 Å². The van der Waals surface area contributed by atoms with Crippen molar-refractivity contribution in [3.63, 3.8) is 0 Å². The van der Waals surface area contributed by atoms with Crippen molar-refractivity contribution < 1.29 is 19.1 Å². The van der Waals surface area contributed by atoms with E-state index >= 15 is 0 Å². The molecule has 7 heteroatoms. The highest BCUT2D eigenvalue weighted by molar-refractivity contribution is 8.15. The van der Waals surface area contributed by atoms with Gasteiger partial charge in [-0.15, -0.1) is 0 Å². The molecule has 1 rings (SSSR count). The largest absolute Gasteiger partial charge is 0.444 e. The van der Waals surface area contributed by atoms with Crippen molar-refractivity contribution in [2.75, 3.05) is 13.1 Å². The Bertz CT molecular complexity index is 365. The van der Waals surface area contributed by atoms with Gasteiger partial charge in [-0.1, -0.05) is 11.8 Å². The summed E-state index contributed by atoms with van der Waals surface area (Å²) >= 11 is 0.999. The average molecular weight is 274 g/mol. The van der Waals surface area contributed by atoms with E-state index in [2.05, 4.69) is 5.32 Å². The molecule has 1 aliphatic heterocycles. The summed E-state index contributed by atoms with van der Waals surface area (Å²) in [6.07, 6.45) is -0.553. The molecule has 1 heterocycles. The van der Waals surface area contributed by atoms with E-state index in [-0.39, 0.29) is 29.5 Å². The van der Waals surface area contributed by atoms with Crippen LogP contribution in [0.1, 0.15) is 27.7 Å². The molecule has 102 valence electrons. The lowest BCUT2D eigenvalue weighted by Gasteiger charge is -2.20. The molecule has 0 spiro atoms. The van der Waals surface area contributed by atoms with E-state index in [0.717, 1.165) is 16.7 Å². The van der Waals surface area contributed by atoms with Crippen molar-refractivity contribution in [3.05, 3.63) is 0 Å². The zero-order chi connectivity index (χ0) is 13.9. The zero-order valence-electron chi connectivity index (χ0n) is 11.0. The quantitative estimate of drug-likeness (QED) is 0.846. The molecule has 1 N–H and O–H groups in total. The molecule has 0 aromatic heterocycles. The molecular weight excluding hydrogens is 256 g/mol. The Morgan fingerprint density at radius 3 is 2.50 bits per heavy atom. The molecule has 0 aromatic carbocycles. The highest BCUT2D eigenvalue weighted by Crippen LogP contribution is 2.25. The Balaban J connectivity index is 2.32. The molecule has 3 amide bonds. The van der Waals surface area contributed by atoms with Gasteiger partial charge in [0.2, 0.25) is 5.91 Å². The first-order chi connectivity index (χ1) is 8.20. The van der Waals surface area contributed by atoms with Gasteiger partial charge in [-0.2, -0.15) is 0 Å². The van der Waals surface area contributed by atoms with Crippen molar-refractivity contribution in [2.24, 2.45) is 0 Å². The number of carbonyl (C=O) groups is 3. The molecule has 18 heavy (non-hydrogen) atoms. The third-order valence-corrected chi connectivity index (χ3v) is 3.09. The summed E-state index contributed by atoms with van der Waals surface area (Å²) in [6, 6.07) is 0. The SMILES string of the molecule is CC1SC(=O)N(CCNC(=O)OC(C)(C)C)C1=O. The van der Waals surface area contributed by atoms with Crippen molar-refractivity contribution in [1.29, 1.82) is 0 Å². The smallest absolute Gasteiger partial charge is 0.407 e. The van der Waals surface area contributed by atoms with Crippen LogP contribution in [0.4, 0.5) is 9.59 Å². The molecule has 1 fully saturated rings. The van der Waals surface area contributed by atoms with Crippen LogP contribution in [0.3, 0.4) is 0 Å². The van der Waals surface area contributed by atoms with Crippen molar-refractivity contribution in [2.45, 2.75) is 38.5 Å². The van der Waals surface area contributed by atoms with Gasteiger partial charge < -0.3 is 10.1 Å². The highest BCUT2D eigenvalue weighted by atomic mass is 32.2. The van der Waals surface area contributed by atoms with Crippen LogP contribution in [-0.2, 0) is 9.53 Å². The van der Waals surface area contributed by atoms with Crippen molar-refractivity contribution >= 4 is 29.0 Å². The maximum absolute atomic E-state index is 11.6. The van der Waals surface area contributed by atoms with Gasteiger partial charge in [0.1, 0.15) is 5.60 Å². The van der Waals surface area contributed by atoms with Gasteiger partial charge in [0.15, 0.2) is 0 Å². The van der Waals surface area contributed by atoms with Gasteiger partial charge in [0.25, 0.3) is 5.24 Å². The summed E-state index contributed by atoms with van der Waals surface area (Å²) in [4.78, 5) is 35.5. The number of hydrogen-bond donors (Lipinski definition) is 1. The maximum Gasteiger partial charge on any atom is 0.407 e. The third kappa shape index (κ3) is 4.21. The molecule has 1 atom stereocenters. The second-order valence-corrected chi connectivity index (χ2v) is 6.24. The molecule has 1 unspecified atom stereocenters. The lowest BCUT2D eigenvalue weighted by Crippen LogP contribution is -2.40. The summed E-state index contributed by atoms with van der Waals surface area (Å²) in [5.41, 5.74) is -0.562. The van der Waals surface area contributed by atoms with E-state index < -0.39 is 11.7 Å². The summed E-state index contributed by atoms with van der Waals surface area (Å²) < 4.78 is 5.03. The summed E-state index contributed by atoms with van der Waals surface area (Å²) in [5.74, 6) is -0.212. The number of amides is 3. The maximum atomic E-state index is 11.6. The Labute approximate surface area is 110 Å². The fourth-order valence-electron chi connectivity index (χ4n) is 1.36. The number of alkyl carbamates (subject to hydrolysis) is 1. The highest BCUT2D eigenvalue weighted by Gasteiger charge is 2.36. The minimum atomic E-state index is -0.562. The van der Waals surface area contributed by atoms with Crippen LogP contribution in [0.2, 0.25) is 0 Å². The van der Waals surface area contributed by atoms with Crippen LogP contribution in [0, 0.1) is 0 Å². The van der Waals surface area contributed by atoms with Crippen LogP contribution in [0.25, 0.3) is 0 Å². The first-order valence-electron chi connectivity index (χ1n) is 5.69. The number of imide groups is 1. The fourth-order valence-corrected chi connectivity index (χ4v) is 2.20. The Morgan fingerprint density at radius 1 is 1.44 bits per heavy atom. The number of nitrogens with one attached hydrogen (secondary N) is 1. The zero-order valence-corrected chi connectivity index (χ0v) is 11.8. The van der Waals surface area contributed by atoms with Gasteiger partial charge in [-0.05, 0) is 27.7 Å². The molecule has 0 bridgehead atoms. The molecule has 0 aliphatic carbocycles. The third-order valence-electron chi connectivity index (χ3n) is 2.12. The van der Waals surface area contributed by atoms with Crippen LogP contribution >= 0.6 is 11.8 Å². The first kappa shape index (κ1) is 14.8. The average Bonchev–Trinajstić information content (AvgIpc) is 2.41. The number of rotatable bonds is 3. The van der Waals surface area contributed by atoms with Crippen molar-refractivity contribution in [3.8, 4) is 0 Å². The lowest BCUT2D eigenvalue weighted by atomic mass is 10.2. The molecule has 1 saturated heterocycles. The van der Waals surface area contributed by atoms with Gasteiger partial charge >= 0.3 is 6.09 Å². The topological polar surface area (TPSA) is 75.7 Å². The number of thioether (sulfide) groups is 1. The normalized spacial score (nSPS) is 20.2. The minimum Gasteiger partial charge on any atom is -0.444 e. The van der Waals surface area contributed by atoms with Crippen molar-refractivity contribution in [1.82, 2.24) is 10.2 Å². The van der Waals surface area contributed by atoms with E-state index in [0.29, 0.717) is 0 Å². The van der Waals surface area contributed by atoms with Crippen LogP contribution in [0.15, 0.2) is 0 Å². The molecule has 0 saturated carbocycles. The van der Waals surface area contributed by atoms with E-state index in [1.807, 2.05) is 0 Å². The van der Waals surface area contributed by atoms with Gasteiger partial charge in [-0.3, -0.25) is 14.5 Å². The number of ether oxygens (including phenoxy) is 1. The van der Waals surface area contributed by atoms with Gasteiger partial charge in [0, 0.05) is 13.1 Å². The fraction of sp³-hybridized carbons (Fsp3) is 0.727. The van der Waals surface area contributed by atoms with Gasteiger partial charge in [-0.25, -0.2) is 4.79 Å². The van der Waals surface area contributed by atoms with Gasteiger partial charge in [0.05, 0.1) is 5.25 Å². The summed E-state index contributed by atoms with van der Waals surface area (Å²) in [7, 11) is 0. The summed E-state index contributed by atoms with van der Waals surface area (Å²) in [5, 5.41) is 1.91. The Hall–Kier alpha value is -1.24. The number of hydrogen-bond acceptors (Lipinski definition) is 5. The van der Waals surface area contributed by atoms with Crippen LogP contribution in [0.5, 0.6) is 0 Å². The second kappa shape index (κ2) is 5.60. The summed E-state index contributed by atoms with van der Waals surface area (Å²) in [6.45, 7) is 7.34. The predicted molar refractivity (Wildman–Crippen MR) is 68.4 cm³/mol. The molecular formula is C11H18N2O4S. The molecule has 0 aromatic rings. The predicted octanol–water partition coefficient (Wildman–Crippen LogP) is 1.59. The lowest BCUT2D eigenvalue weighted by molar-refractivity contribution is -0.126. The molecule has 1 aliphatic rings. The second-order valence-electron chi connectivity index (χ2n) is 4.94. The van der Waals surface area contributed by atoms with Crippen LogP contribution < -0.4 is 5.32 Å². The Morgan fingerprint density at radius 2 is 2.06 bits per heavy atom.